The summed E-state index contributed by atoms with van der Waals surface area (Å²) < 4.78 is 0. The summed E-state index contributed by atoms with van der Waals surface area (Å²) in [6.07, 6.45) is 3.10. The van der Waals surface area contributed by atoms with E-state index in [1.54, 1.807) is 12.1 Å². The first-order chi connectivity index (χ1) is 11.0. The molecule has 1 aromatic rings. The van der Waals surface area contributed by atoms with Gasteiger partial charge >= 0.3 is 17.8 Å². The molecule has 7 heteroatoms. The lowest BCUT2D eigenvalue weighted by atomic mass is 9.79. The molecule has 0 spiro atoms. The second kappa shape index (κ2) is 7.73. The van der Waals surface area contributed by atoms with Crippen LogP contribution in [0.5, 0.6) is 0 Å². The second-order valence-corrected chi connectivity index (χ2v) is 5.67. The number of carboxylic acids is 1. The van der Waals surface area contributed by atoms with Crippen LogP contribution >= 0.6 is 0 Å². The molecule has 0 bridgehead atoms. The lowest BCUT2D eigenvalue weighted by Gasteiger charge is -2.26. The molecule has 0 heterocycles. The standard InChI is InChI=1S/C16H21N3O4/c1-17-19-15(21)14(20)18-13-8-6-11(7-9-13)10-2-4-12(5-3-10)16(22)23/h6-10,12,17H,2-5H2,1H3,(H,18,20)(H,19,21)(H,22,23). The third-order valence-corrected chi connectivity index (χ3v) is 4.16. The maximum atomic E-state index is 11.6. The number of benzene rings is 1. The Kier molecular flexibility index (Phi) is 5.70. The monoisotopic (exact) mass is 319 g/mol. The highest BCUT2D eigenvalue weighted by Gasteiger charge is 2.26. The van der Waals surface area contributed by atoms with Crippen molar-refractivity contribution in [1.82, 2.24) is 10.9 Å². The van der Waals surface area contributed by atoms with Crippen molar-refractivity contribution < 1.29 is 19.5 Å². The number of nitrogens with one attached hydrogen (secondary N) is 3. The Bertz CT molecular complexity index is 577. The molecule has 0 atom stereocenters. The first-order valence-electron chi connectivity index (χ1n) is 7.62. The zero-order valence-electron chi connectivity index (χ0n) is 13.0. The number of carbonyl (C=O) groups is 3. The van der Waals surface area contributed by atoms with Crippen LogP contribution in [0.2, 0.25) is 0 Å². The van der Waals surface area contributed by atoms with Crippen LogP contribution in [0.4, 0.5) is 5.69 Å². The Morgan fingerprint density at radius 1 is 1.00 bits per heavy atom. The van der Waals surface area contributed by atoms with Gasteiger partial charge in [0.25, 0.3) is 0 Å². The molecule has 0 aliphatic heterocycles. The Hall–Kier alpha value is -2.41. The molecule has 124 valence electrons. The van der Waals surface area contributed by atoms with Crippen LogP contribution < -0.4 is 16.2 Å². The predicted molar refractivity (Wildman–Crippen MR) is 84.6 cm³/mol. The number of hydrogen-bond donors (Lipinski definition) is 4. The minimum atomic E-state index is -0.761. The molecular formula is C16H21N3O4. The van der Waals surface area contributed by atoms with Gasteiger partial charge in [0.05, 0.1) is 5.92 Å². The average Bonchev–Trinajstić information content (AvgIpc) is 2.56. The first-order valence-corrected chi connectivity index (χ1v) is 7.62. The number of carboxylic acid groups (broad SMARTS) is 1. The quantitative estimate of drug-likeness (QED) is 0.493. The molecule has 1 fully saturated rings. The molecule has 0 saturated heterocycles. The molecule has 0 unspecified atom stereocenters. The van der Waals surface area contributed by atoms with Crippen molar-refractivity contribution in [2.45, 2.75) is 31.6 Å². The number of amides is 2. The third kappa shape index (κ3) is 4.53. The van der Waals surface area contributed by atoms with Crippen LogP contribution in [0, 0.1) is 5.92 Å². The number of aliphatic carboxylic acids is 1. The summed E-state index contributed by atoms with van der Waals surface area (Å²) in [7, 11) is 1.50. The van der Waals surface area contributed by atoms with Gasteiger partial charge in [-0.05, 0) is 49.3 Å². The van der Waals surface area contributed by atoms with E-state index in [0.29, 0.717) is 24.4 Å². The van der Waals surface area contributed by atoms with Crippen molar-refractivity contribution in [3.8, 4) is 0 Å². The summed E-state index contributed by atoms with van der Waals surface area (Å²) in [5, 5.41) is 11.5. The Balaban J connectivity index is 1.91. The second-order valence-electron chi connectivity index (χ2n) is 5.67. The fourth-order valence-corrected chi connectivity index (χ4v) is 2.87. The van der Waals surface area contributed by atoms with Gasteiger partial charge < -0.3 is 10.4 Å². The van der Waals surface area contributed by atoms with Crippen molar-refractivity contribution in [2.75, 3.05) is 12.4 Å². The fraction of sp³-hybridized carbons (Fsp3) is 0.438. The highest BCUT2D eigenvalue weighted by molar-refractivity contribution is 6.39. The SMILES string of the molecule is CNNC(=O)C(=O)Nc1ccc(C2CCC(C(=O)O)CC2)cc1. The van der Waals surface area contributed by atoms with Crippen molar-refractivity contribution in [3.05, 3.63) is 29.8 Å². The predicted octanol–water partition coefficient (Wildman–Crippen LogP) is 1.23. The van der Waals surface area contributed by atoms with E-state index in [1.807, 2.05) is 12.1 Å². The molecule has 1 saturated carbocycles. The largest absolute Gasteiger partial charge is 0.481 e. The molecule has 1 aromatic carbocycles. The maximum absolute atomic E-state index is 11.6. The topological polar surface area (TPSA) is 108 Å². The van der Waals surface area contributed by atoms with E-state index >= 15 is 0 Å². The van der Waals surface area contributed by atoms with Gasteiger partial charge in [-0.2, -0.15) is 0 Å². The molecule has 2 rings (SSSR count). The van der Waals surface area contributed by atoms with Crippen molar-refractivity contribution in [2.24, 2.45) is 5.92 Å². The van der Waals surface area contributed by atoms with Gasteiger partial charge in [-0.3, -0.25) is 19.8 Å². The van der Waals surface area contributed by atoms with E-state index in [1.165, 1.54) is 7.05 Å². The Labute approximate surface area is 134 Å². The summed E-state index contributed by atoms with van der Waals surface area (Å²) in [5.74, 6) is -2.09. The van der Waals surface area contributed by atoms with Gasteiger partial charge in [-0.25, -0.2) is 5.43 Å². The number of hydrazine groups is 1. The molecule has 23 heavy (non-hydrogen) atoms. The minimum absolute atomic E-state index is 0.226. The molecular weight excluding hydrogens is 298 g/mol. The Morgan fingerprint density at radius 3 is 2.13 bits per heavy atom. The highest BCUT2D eigenvalue weighted by Crippen LogP contribution is 2.36. The normalized spacial score (nSPS) is 20.6. The van der Waals surface area contributed by atoms with E-state index < -0.39 is 17.8 Å². The molecule has 2 amide bonds. The number of anilines is 1. The van der Waals surface area contributed by atoms with Gasteiger partial charge in [-0.15, -0.1) is 0 Å². The lowest BCUT2D eigenvalue weighted by Crippen LogP contribution is -2.41. The first kappa shape index (κ1) is 17.0. The molecule has 7 nitrogen and oxygen atoms in total. The highest BCUT2D eigenvalue weighted by atomic mass is 16.4. The lowest BCUT2D eigenvalue weighted by molar-refractivity contribution is -0.142. The summed E-state index contributed by atoms with van der Waals surface area (Å²) in [6, 6.07) is 7.33. The summed E-state index contributed by atoms with van der Waals surface area (Å²) in [6.45, 7) is 0. The minimum Gasteiger partial charge on any atom is -0.481 e. The van der Waals surface area contributed by atoms with E-state index in [4.69, 9.17) is 5.11 Å². The zero-order chi connectivity index (χ0) is 16.8. The van der Waals surface area contributed by atoms with Gasteiger partial charge in [0.1, 0.15) is 0 Å². The zero-order valence-corrected chi connectivity index (χ0v) is 13.0. The molecule has 0 aromatic heterocycles. The summed E-state index contributed by atoms with van der Waals surface area (Å²) in [4.78, 5) is 33.9. The van der Waals surface area contributed by atoms with Crippen LogP contribution in [0.15, 0.2) is 24.3 Å². The van der Waals surface area contributed by atoms with E-state index in [0.717, 1.165) is 18.4 Å². The number of rotatable bonds is 4. The Morgan fingerprint density at radius 2 is 1.61 bits per heavy atom. The van der Waals surface area contributed by atoms with E-state index in [9.17, 15) is 14.4 Å². The third-order valence-electron chi connectivity index (χ3n) is 4.16. The van der Waals surface area contributed by atoms with Gasteiger partial charge in [0.15, 0.2) is 0 Å². The van der Waals surface area contributed by atoms with Crippen molar-refractivity contribution in [3.63, 3.8) is 0 Å². The van der Waals surface area contributed by atoms with Crippen LogP contribution in [0.3, 0.4) is 0 Å². The van der Waals surface area contributed by atoms with Gasteiger partial charge in [-0.1, -0.05) is 12.1 Å². The van der Waals surface area contributed by atoms with Crippen molar-refractivity contribution in [1.29, 1.82) is 0 Å². The van der Waals surface area contributed by atoms with Crippen LogP contribution in [-0.2, 0) is 14.4 Å². The van der Waals surface area contributed by atoms with Crippen LogP contribution in [0.25, 0.3) is 0 Å². The molecule has 1 aliphatic carbocycles. The van der Waals surface area contributed by atoms with E-state index in [2.05, 4.69) is 16.2 Å². The van der Waals surface area contributed by atoms with Crippen LogP contribution in [-0.4, -0.2) is 29.9 Å². The number of carbonyl (C=O) groups excluding carboxylic acids is 2. The van der Waals surface area contributed by atoms with Gasteiger partial charge in [0, 0.05) is 12.7 Å². The van der Waals surface area contributed by atoms with E-state index in [-0.39, 0.29) is 5.92 Å². The molecule has 1 aliphatic rings. The smallest absolute Gasteiger partial charge is 0.323 e. The fourth-order valence-electron chi connectivity index (χ4n) is 2.87. The maximum Gasteiger partial charge on any atom is 0.323 e. The van der Waals surface area contributed by atoms with Crippen LogP contribution in [0.1, 0.15) is 37.2 Å². The summed E-state index contributed by atoms with van der Waals surface area (Å²) in [5.41, 5.74) is 6.27. The molecule has 4 N–H and O–H groups in total. The number of hydrogen-bond acceptors (Lipinski definition) is 4. The van der Waals surface area contributed by atoms with Gasteiger partial charge in [0.2, 0.25) is 0 Å². The van der Waals surface area contributed by atoms with Crippen molar-refractivity contribution >= 4 is 23.5 Å². The molecule has 0 radical (unpaired) electrons. The average molecular weight is 319 g/mol. The summed E-state index contributed by atoms with van der Waals surface area (Å²) >= 11 is 0.